The molecule has 4 aliphatic rings. The van der Waals surface area contributed by atoms with E-state index in [1.807, 2.05) is 45.0 Å². The quantitative estimate of drug-likeness (QED) is 0.144. The van der Waals surface area contributed by atoms with Crippen LogP contribution in [0.2, 0.25) is 0 Å². The predicted molar refractivity (Wildman–Crippen MR) is 205 cm³/mol. The number of nitrogens with zero attached hydrogens (tertiary/aromatic N) is 4. The van der Waals surface area contributed by atoms with Crippen LogP contribution in [-0.4, -0.2) is 77.1 Å². The maximum absolute atomic E-state index is 13.2. The molecular formula is C43H54N6O4. The summed E-state index contributed by atoms with van der Waals surface area (Å²) < 4.78 is 0. The predicted octanol–water partition coefficient (Wildman–Crippen LogP) is 7.25. The Morgan fingerprint density at radius 1 is 0.698 bits per heavy atom. The van der Waals surface area contributed by atoms with Crippen LogP contribution in [0.15, 0.2) is 48.8 Å². The third-order valence-corrected chi connectivity index (χ3v) is 12.7. The van der Waals surface area contributed by atoms with E-state index in [4.69, 9.17) is 9.97 Å². The van der Waals surface area contributed by atoms with E-state index in [0.29, 0.717) is 13.1 Å². The monoisotopic (exact) mass is 718 g/mol. The first-order valence-electron chi connectivity index (χ1n) is 19.9. The molecule has 1 spiro atoms. The summed E-state index contributed by atoms with van der Waals surface area (Å²) in [6.07, 6.45) is 12.4. The number of benzene rings is 2. The fourth-order valence-corrected chi connectivity index (χ4v) is 9.71. The minimum absolute atomic E-state index is 0.133. The zero-order valence-electron chi connectivity index (χ0n) is 31.6. The molecule has 2 amide bonds. The van der Waals surface area contributed by atoms with Crippen molar-refractivity contribution in [1.82, 2.24) is 29.7 Å². The molecule has 8 rings (SSSR count). The fourth-order valence-electron chi connectivity index (χ4n) is 9.71. The first-order valence-corrected chi connectivity index (χ1v) is 19.9. The van der Waals surface area contributed by atoms with E-state index in [9.17, 15) is 19.8 Å². The van der Waals surface area contributed by atoms with Gasteiger partial charge >= 0.3 is 0 Å². The number of amides is 2. The Morgan fingerprint density at radius 2 is 1.21 bits per heavy atom. The second kappa shape index (κ2) is 14.2. The molecule has 10 nitrogen and oxygen atoms in total. The summed E-state index contributed by atoms with van der Waals surface area (Å²) in [5, 5.41) is 21.0. The van der Waals surface area contributed by atoms with Crippen LogP contribution in [0.3, 0.4) is 0 Å². The third-order valence-electron chi connectivity index (χ3n) is 12.7. The smallest absolute Gasteiger partial charge is 0.252 e. The van der Waals surface area contributed by atoms with Crippen molar-refractivity contribution in [3.8, 4) is 33.6 Å². The van der Waals surface area contributed by atoms with Crippen LogP contribution >= 0.6 is 0 Å². The second-order valence-electron chi connectivity index (χ2n) is 16.7. The number of likely N-dealkylation sites (tertiary alicyclic amines) is 2. The number of aliphatic hydroxyl groups excluding tert-OH is 2. The first-order chi connectivity index (χ1) is 25.6. The minimum atomic E-state index is -1.00. The van der Waals surface area contributed by atoms with Gasteiger partial charge in [-0.25, -0.2) is 9.97 Å². The molecule has 2 aromatic heterocycles. The van der Waals surface area contributed by atoms with Gasteiger partial charge in [-0.3, -0.25) is 9.59 Å². The molecule has 4 unspecified atom stereocenters. The highest BCUT2D eigenvalue weighted by atomic mass is 16.3. The van der Waals surface area contributed by atoms with Gasteiger partial charge < -0.3 is 30.0 Å². The molecule has 3 fully saturated rings. The van der Waals surface area contributed by atoms with Crippen molar-refractivity contribution in [3.63, 3.8) is 0 Å². The standard InChI is InChI=1S/C43H54N6O4/c1-25(2)37(50)41(52)48-21-7-9-34(48)39-44-23-32(46-39)28-13-11-27(12-14-28)29-15-16-30(31-17-20-43(36(29)31)18-5-6-19-43)33-24-45-40(47-33)35-10-8-22-49(35)42(53)38(51)26(3)4/h11-16,23-26,34-35,37-38,50-51H,5-10,17-22H2,1-4H3,(H,44,46)(H,45,47). The summed E-state index contributed by atoms with van der Waals surface area (Å²) in [5.41, 5.74) is 9.75. The number of aromatic nitrogens is 4. The number of carbonyl (C=O) groups is 2. The number of aliphatic hydroxyl groups is 2. The van der Waals surface area contributed by atoms with E-state index in [1.165, 1.54) is 53.5 Å². The van der Waals surface area contributed by atoms with Gasteiger partial charge in [0, 0.05) is 18.7 Å². The number of aromatic amines is 2. The Balaban J connectivity index is 1.07. The average Bonchev–Trinajstić information content (AvgIpc) is 4.02. The number of imidazole rings is 2. The largest absolute Gasteiger partial charge is 0.383 e. The fraction of sp³-hybridized carbons (Fsp3) is 0.535. The molecule has 1 saturated carbocycles. The Labute approximate surface area is 312 Å². The number of hydrogen-bond donors (Lipinski definition) is 4. The van der Waals surface area contributed by atoms with Crippen LogP contribution in [0.1, 0.15) is 120 Å². The molecule has 280 valence electrons. The van der Waals surface area contributed by atoms with Crippen molar-refractivity contribution in [3.05, 3.63) is 71.6 Å². The zero-order valence-corrected chi connectivity index (χ0v) is 31.6. The molecule has 10 heteroatoms. The van der Waals surface area contributed by atoms with Crippen molar-refractivity contribution in [2.45, 2.75) is 122 Å². The van der Waals surface area contributed by atoms with Crippen LogP contribution in [0, 0.1) is 11.8 Å². The summed E-state index contributed by atoms with van der Waals surface area (Å²) in [7, 11) is 0. The first kappa shape index (κ1) is 35.7. The van der Waals surface area contributed by atoms with Crippen LogP contribution < -0.4 is 0 Å². The van der Waals surface area contributed by atoms with Gasteiger partial charge in [-0.15, -0.1) is 0 Å². The number of nitrogens with one attached hydrogen (secondary N) is 2. The lowest BCUT2D eigenvalue weighted by Crippen LogP contribution is -2.41. The molecule has 2 aliphatic carbocycles. The molecule has 2 aliphatic heterocycles. The van der Waals surface area contributed by atoms with Gasteiger partial charge in [-0.05, 0) is 96.4 Å². The van der Waals surface area contributed by atoms with E-state index in [0.717, 1.165) is 67.1 Å². The third kappa shape index (κ3) is 6.31. The maximum Gasteiger partial charge on any atom is 0.252 e. The Kier molecular flexibility index (Phi) is 9.56. The van der Waals surface area contributed by atoms with E-state index in [1.54, 1.807) is 4.90 Å². The number of H-pyrrole nitrogens is 2. The molecule has 4 N–H and O–H groups in total. The Morgan fingerprint density at radius 3 is 1.77 bits per heavy atom. The Bertz CT molecular complexity index is 1970. The maximum atomic E-state index is 13.2. The van der Waals surface area contributed by atoms with E-state index in [2.05, 4.69) is 46.4 Å². The highest BCUT2D eigenvalue weighted by Crippen LogP contribution is 2.55. The summed E-state index contributed by atoms with van der Waals surface area (Å²) >= 11 is 0. The lowest BCUT2D eigenvalue weighted by atomic mass is 9.76. The van der Waals surface area contributed by atoms with Gasteiger partial charge in [0.05, 0.1) is 35.9 Å². The molecule has 4 aromatic rings. The second-order valence-corrected chi connectivity index (χ2v) is 16.7. The number of rotatable bonds is 9. The van der Waals surface area contributed by atoms with Crippen molar-refractivity contribution in [1.29, 1.82) is 0 Å². The average molecular weight is 719 g/mol. The molecular weight excluding hydrogens is 665 g/mol. The molecule has 0 radical (unpaired) electrons. The summed E-state index contributed by atoms with van der Waals surface area (Å²) in [4.78, 5) is 46.5. The highest BCUT2D eigenvalue weighted by Gasteiger charge is 2.44. The van der Waals surface area contributed by atoms with E-state index in [-0.39, 0.29) is 41.1 Å². The van der Waals surface area contributed by atoms with E-state index >= 15 is 0 Å². The van der Waals surface area contributed by atoms with Crippen molar-refractivity contribution < 1.29 is 19.8 Å². The molecule has 2 saturated heterocycles. The molecule has 2 aromatic carbocycles. The van der Waals surface area contributed by atoms with Gasteiger partial charge in [-0.2, -0.15) is 0 Å². The van der Waals surface area contributed by atoms with Crippen LogP contribution in [0.5, 0.6) is 0 Å². The summed E-state index contributed by atoms with van der Waals surface area (Å²) in [6.45, 7) is 8.75. The van der Waals surface area contributed by atoms with Gasteiger partial charge in [0.2, 0.25) is 0 Å². The van der Waals surface area contributed by atoms with Crippen molar-refractivity contribution in [2.75, 3.05) is 13.1 Å². The van der Waals surface area contributed by atoms with Gasteiger partial charge in [0.15, 0.2) is 0 Å². The highest BCUT2D eigenvalue weighted by molar-refractivity contribution is 5.83. The molecule has 0 bridgehead atoms. The summed E-state index contributed by atoms with van der Waals surface area (Å²) in [6, 6.07) is 13.0. The van der Waals surface area contributed by atoms with Crippen molar-refractivity contribution >= 4 is 11.8 Å². The van der Waals surface area contributed by atoms with Gasteiger partial charge in [0.25, 0.3) is 11.8 Å². The lowest BCUT2D eigenvalue weighted by Gasteiger charge is -2.28. The normalized spacial score (nSPS) is 22.0. The van der Waals surface area contributed by atoms with Crippen molar-refractivity contribution in [2.24, 2.45) is 11.8 Å². The Hall–Kier alpha value is -4.28. The van der Waals surface area contributed by atoms with Gasteiger partial charge in [-0.1, -0.05) is 76.9 Å². The number of fused-ring (bicyclic) bond motifs is 2. The van der Waals surface area contributed by atoms with Crippen LogP contribution in [-0.2, 0) is 21.4 Å². The molecule has 4 heterocycles. The minimum Gasteiger partial charge on any atom is -0.383 e. The van der Waals surface area contributed by atoms with E-state index < -0.39 is 12.2 Å². The molecule has 4 atom stereocenters. The van der Waals surface area contributed by atoms with Crippen LogP contribution in [0.25, 0.3) is 33.6 Å². The molecule has 53 heavy (non-hydrogen) atoms. The SMILES string of the molecule is CC(C)C(O)C(=O)N1CCCC1c1ncc(-c2ccc(-c3ccc(-c4cnc(C5CCCN5C(=O)C(O)C(C)C)[nH]4)c4c3C3(CCCC3)CC4)cc2)[nH]1. The van der Waals surface area contributed by atoms with Crippen LogP contribution in [0.4, 0.5) is 0 Å². The summed E-state index contributed by atoms with van der Waals surface area (Å²) in [5.74, 6) is 0.877. The number of carbonyl (C=O) groups excluding carboxylic acids is 2. The number of hydrogen-bond acceptors (Lipinski definition) is 6. The van der Waals surface area contributed by atoms with Gasteiger partial charge in [0.1, 0.15) is 23.9 Å². The topological polar surface area (TPSA) is 138 Å². The zero-order chi connectivity index (χ0) is 37.0. The lowest BCUT2D eigenvalue weighted by molar-refractivity contribution is -0.144.